The van der Waals surface area contributed by atoms with Crippen molar-refractivity contribution in [3.05, 3.63) is 74.6 Å². The average Bonchev–Trinajstić information content (AvgIpc) is 3.19. The summed E-state index contributed by atoms with van der Waals surface area (Å²) in [7, 11) is -5.02. The second-order valence-corrected chi connectivity index (χ2v) is 9.53. The number of phenols is 1. The smallest absolute Gasteiger partial charge is 0.465 e. The van der Waals surface area contributed by atoms with Gasteiger partial charge in [-0.25, -0.2) is 0 Å². The van der Waals surface area contributed by atoms with Crippen molar-refractivity contribution in [2.45, 2.75) is 51.7 Å². The zero-order valence-electron chi connectivity index (χ0n) is 19.0. The van der Waals surface area contributed by atoms with Gasteiger partial charge in [0.2, 0.25) is 0 Å². The van der Waals surface area contributed by atoms with Crippen LogP contribution in [0.3, 0.4) is 0 Å². The van der Waals surface area contributed by atoms with Crippen LogP contribution >= 0.6 is 0 Å². The lowest BCUT2D eigenvalue weighted by atomic mass is 9.97. The van der Waals surface area contributed by atoms with Gasteiger partial charge in [-0.1, -0.05) is 32.0 Å². The minimum Gasteiger partial charge on any atom is -0.506 e. The summed E-state index contributed by atoms with van der Waals surface area (Å²) in [4.78, 5) is 12.1. The number of aliphatic hydroxyl groups is 1. The van der Waals surface area contributed by atoms with Crippen molar-refractivity contribution in [1.29, 1.82) is 0 Å². The van der Waals surface area contributed by atoms with Gasteiger partial charge in [-0.05, 0) is 65.6 Å². The second kappa shape index (κ2) is 9.38. The number of hydrogen-bond donors (Lipinski definition) is 4. The Morgan fingerprint density at radius 1 is 1.09 bits per heavy atom. The molecule has 0 spiro atoms. The SMILES string of the molecule is CCc1cc2c(cc1CC)CC(NC[C@H](O)c1ccc(O)c3c1ccc(=O)n3OS(=O)(=O)O)C2. The Kier molecular flexibility index (Phi) is 6.68. The van der Waals surface area contributed by atoms with Gasteiger partial charge >= 0.3 is 10.4 Å². The molecule has 4 rings (SSSR count). The van der Waals surface area contributed by atoms with Crippen LogP contribution in [0.5, 0.6) is 5.75 Å². The van der Waals surface area contributed by atoms with Gasteiger partial charge in [-0.15, -0.1) is 4.73 Å². The molecule has 0 unspecified atom stereocenters. The van der Waals surface area contributed by atoms with E-state index in [0.717, 1.165) is 31.7 Å². The van der Waals surface area contributed by atoms with E-state index in [2.05, 4.69) is 35.6 Å². The van der Waals surface area contributed by atoms with Crippen molar-refractivity contribution in [3.63, 3.8) is 0 Å². The Hall–Kier alpha value is -2.92. The van der Waals surface area contributed by atoms with E-state index in [1.54, 1.807) is 0 Å². The molecule has 1 atom stereocenters. The van der Waals surface area contributed by atoms with Crippen molar-refractivity contribution < 1.29 is 27.5 Å². The van der Waals surface area contributed by atoms with Crippen LogP contribution in [0.25, 0.3) is 10.9 Å². The molecular weight excluding hydrogens is 460 g/mol. The molecule has 0 amide bonds. The molecule has 0 saturated carbocycles. The van der Waals surface area contributed by atoms with E-state index in [4.69, 9.17) is 4.55 Å². The number of nitrogens with zero attached hydrogens (tertiary/aromatic N) is 1. The third-order valence-electron chi connectivity index (χ3n) is 6.37. The molecular formula is C24H28N2O7S. The van der Waals surface area contributed by atoms with Crippen LogP contribution in [-0.4, -0.2) is 40.5 Å². The van der Waals surface area contributed by atoms with E-state index >= 15 is 0 Å². The number of hydrogen-bond acceptors (Lipinski definition) is 7. The molecule has 2 aromatic carbocycles. The average molecular weight is 489 g/mol. The molecule has 0 saturated heterocycles. The molecule has 1 aliphatic carbocycles. The fourth-order valence-electron chi connectivity index (χ4n) is 4.76. The first-order valence-electron chi connectivity index (χ1n) is 11.2. The topological polar surface area (TPSA) is 138 Å². The van der Waals surface area contributed by atoms with Gasteiger partial charge in [0.15, 0.2) is 0 Å². The molecule has 182 valence electrons. The predicted molar refractivity (Wildman–Crippen MR) is 127 cm³/mol. The Morgan fingerprint density at radius 2 is 1.71 bits per heavy atom. The molecule has 34 heavy (non-hydrogen) atoms. The number of aromatic nitrogens is 1. The molecule has 1 heterocycles. The van der Waals surface area contributed by atoms with Gasteiger partial charge in [0.1, 0.15) is 11.3 Å². The molecule has 3 aromatic rings. The maximum atomic E-state index is 12.1. The monoisotopic (exact) mass is 488 g/mol. The van der Waals surface area contributed by atoms with Crippen LogP contribution in [0.15, 0.2) is 41.2 Å². The zero-order chi connectivity index (χ0) is 24.6. The third kappa shape index (κ3) is 4.80. The van der Waals surface area contributed by atoms with Crippen molar-refractivity contribution in [2.75, 3.05) is 6.54 Å². The summed E-state index contributed by atoms with van der Waals surface area (Å²) in [6, 6.07) is 9.85. The van der Waals surface area contributed by atoms with Gasteiger partial charge in [0.25, 0.3) is 5.56 Å². The van der Waals surface area contributed by atoms with Crippen LogP contribution in [0.4, 0.5) is 0 Å². The summed E-state index contributed by atoms with van der Waals surface area (Å²) >= 11 is 0. The molecule has 10 heteroatoms. The lowest BCUT2D eigenvalue weighted by molar-refractivity contribution is 0.171. The number of phenolic OH excluding ortho intramolecular Hbond substituents is 1. The normalized spacial score (nSPS) is 14.9. The lowest BCUT2D eigenvalue weighted by Crippen LogP contribution is -2.33. The largest absolute Gasteiger partial charge is 0.506 e. The Bertz CT molecular complexity index is 1370. The summed E-state index contributed by atoms with van der Waals surface area (Å²) in [6.07, 6.45) is 2.69. The minimum atomic E-state index is -5.02. The minimum absolute atomic E-state index is 0.158. The van der Waals surface area contributed by atoms with Gasteiger partial charge in [0, 0.05) is 24.0 Å². The maximum absolute atomic E-state index is 12.1. The highest BCUT2D eigenvalue weighted by Crippen LogP contribution is 2.31. The fourth-order valence-corrected chi connectivity index (χ4v) is 5.09. The number of aliphatic hydroxyl groups excluding tert-OH is 1. The van der Waals surface area contributed by atoms with Gasteiger partial charge in [-0.3, -0.25) is 13.6 Å². The third-order valence-corrected chi connectivity index (χ3v) is 6.71. The summed E-state index contributed by atoms with van der Waals surface area (Å²) in [6.45, 7) is 4.52. The molecule has 0 aliphatic heterocycles. The number of nitrogens with one attached hydrogen (secondary N) is 1. The van der Waals surface area contributed by atoms with Crippen molar-refractivity contribution in [1.82, 2.24) is 10.0 Å². The second-order valence-electron chi connectivity index (χ2n) is 8.53. The van der Waals surface area contributed by atoms with Crippen LogP contribution in [0, 0.1) is 0 Å². The summed E-state index contributed by atoms with van der Waals surface area (Å²) < 4.78 is 36.0. The molecule has 0 bridgehead atoms. The van der Waals surface area contributed by atoms with Gasteiger partial charge < -0.3 is 15.5 Å². The lowest BCUT2D eigenvalue weighted by Gasteiger charge is -2.19. The number of fused-ring (bicyclic) bond motifs is 2. The van der Waals surface area contributed by atoms with Crippen LogP contribution in [0.2, 0.25) is 0 Å². The van der Waals surface area contributed by atoms with Crippen molar-refractivity contribution in [2.24, 2.45) is 0 Å². The van der Waals surface area contributed by atoms with Crippen molar-refractivity contribution in [3.8, 4) is 5.75 Å². The Morgan fingerprint density at radius 3 is 2.26 bits per heavy atom. The molecule has 0 fully saturated rings. The molecule has 1 aromatic heterocycles. The van der Waals surface area contributed by atoms with E-state index in [0.29, 0.717) is 5.56 Å². The fraction of sp³-hybridized carbons (Fsp3) is 0.375. The molecule has 4 N–H and O–H groups in total. The highest BCUT2D eigenvalue weighted by molar-refractivity contribution is 7.81. The Balaban J connectivity index is 1.56. The number of benzene rings is 2. The highest BCUT2D eigenvalue weighted by Gasteiger charge is 2.24. The van der Waals surface area contributed by atoms with Crippen LogP contribution in [0.1, 0.15) is 47.8 Å². The van der Waals surface area contributed by atoms with Crippen LogP contribution < -0.4 is 15.2 Å². The standard InChI is InChI=1S/C24H28N2O7S/c1-3-14-9-16-11-18(12-17(16)10-15(14)4-2)25-13-22(28)19-5-7-21(27)24-20(19)6-8-23(29)26(24)33-34(30,31)32/h5-10,18,22,25,27-28H,3-4,11-13H2,1-2H3,(H,30,31,32)/t22-/m0/s1. The first-order valence-corrected chi connectivity index (χ1v) is 12.6. The summed E-state index contributed by atoms with van der Waals surface area (Å²) in [5.41, 5.74) is 4.57. The van der Waals surface area contributed by atoms with Crippen LogP contribution in [-0.2, 0) is 36.1 Å². The first-order chi connectivity index (χ1) is 16.1. The van der Waals surface area contributed by atoms with Gasteiger partial charge in [-0.2, -0.15) is 8.42 Å². The molecule has 0 radical (unpaired) electrons. The molecule has 9 nitrogen and oxygen atoms in total. The Labute approximate surface area is 197 Å². The number of rotatable bonds is 8. The maximum Gasteiger partial charge on any atom is 0.465 e. The summed E-state index contributed by atoms with van der Waals surface area (Å²) in [5, 5.41) is 24.8. The first kappa shape index (κ1) is 24.2. The quantitative estimate of drug-likeness (QED) is 0.353. The number of aryl methyl sites for hydroxylation is 2. The van der Waals surface area contributed by atoms with E-state index in [9.17, 15) is 23.4 Å². The van der Waals surface area contributed by atoms with E-state index in [1.807, 2.05) is 0 Å². The summed E-state index contributed by atoms with van der Waals surface area (Å²) in [5.74, 6) is -0.440. The van der Waals surface area contributed by atoms with E-state index < -0.39 is 27.8 Å². The zero-order valence-corrected chi connectivity index (χ0v) is 19.8. The van der Waals surface area contributed by atoms with E-state index in [1.165, 1.54) is 40.5 Å². The molecule has 1 aliphatic rings. The number of pyridine rings is 1. The van der Waals surface area contributed by atoms with Crippen molar-refractivity contribution >= 4 is 21.3 Å². The number of aromatic hydroxyl groups is 1. The van der Waals surface area contributed by atoms with Gasteiger partial charge in [0.05, 0.1) is 6.10 Å². The predicted octanol–water partition coefficient (Wildman–Crippen LogP) is 1.85. The highest BCUT2D eigenvalue weighted by atomic mass is 32.3. The van der Waals surface area contributed by atoms with E-state index in [-0.39, 0.29) is 28.2 Å².